The van der Waals surface area contributed by atoms with Gasteiger partial charge in [0.2, 0.25) is 6.41 Å². The van der Waals surface area contributed by atoms with Crippen LogP contribution in [-0.2, 0) is 4.79 Å². The fourth-order valence-electron chi connectivity index (χ4n) is 3.28. The molecule has 0 aliphatic rings. The van der Waals surface area contributed by atoms with Crippen LogP contribution in [0.5, 0.6) is 0 Å². The van der Waals surface area contributed by atoms with E-state index in [1.807, 2.05) is 4.90 Å². The Morgan fingerprint density at radius 2 is 1.14 bits per heavy atom. The molecule has 2 atom stereocenters. The standard InChI is InChI=1S/C19H39NO/c1-16(13-18(3,4)5)9-11-20(15-21)12-10-17(2)14-19(6,7)8/h15-17H,9-14H2,1-8H3. The van der Waals surface area contributed by atoms with Gasteiger partial charge in [0.1, 0.15) is 0 Å². The SMILES string of the molecule is CC(CCN(C=O)CCC(C)CC(C)(C)C)CC(C)(C)C. The van der Waals surface area contributed by atoms with Crippen LogP contribution in [0.4, 0.5) is 0 Å². The number of carbonyl (C=O) groups excluding carboxylic acids is 1. The summed E-state index contributed by atoms with van der Waals surface area (Å²) in [7, 11) is 0. The van der Waals surface area contributed by atoms with Crippen molar-refractivity contribution in [3.63, 3.8) is 0 Å². The van der Waals surface area contributed by atoms with Crippen molar-refractivity contribution >= 4 is 6.41 Å². The van der Waals surface area contributed by atoms with E-state index in [-0.39, 0.29) is 0 Å². The summed E-state index contributed by atoms with van der Waals surface area (Å²) in [4.78, 5) is 13.2. The monoisotopic (exact) mass is 297 g/mol. The zero-order valence-electron chi connectivity index (χ0n) is 15.8. The molecule has 0 rings (SSSR count). The molecule has 0 aliphatic carbocycles. The van der Waals surface area contributed by atoms with E-state index in [0.29, 0.717) is 22.7 Å². The Kier molecular flexibility index (Phi) is 8.58. The molecule has 0 heterocycles. The molecule has 0 N–H and O–H groups in total. The second-order valence-corrected chi connectivity index (χ2v) is 9.46. The summed E-state index contributed by atoms with van der Waals surface area (Å²) in [5, 5.41) is 0. The third-order valence-electron chi connectivity index (χ3n) is 3.89. The minimum Gasteiger partial charge on any atom is -0.345 e. The van der Waals surface area contributed by atoms with Gasteiger partial charge >= 0.3 is 0 Å². The van der Waals surface area contributed by atoms with Crippen molar-refractivity contribution in [3.8, 4) is 0 Å². The lowest BCUT2D eigenvalue weighted by Gasteiger charge is -2.27. The maximum absolute atomic E-state index is 11.2. The lowest BCUT2D eigenvalue weighted by molar-refractivity contribution is -0.118. The van der Waals surface area contributed by atoms with E-state index in [1.54, 1.807) is 0 Å². The van der Waals surface area contributed by atoms with Crippen molar-refractivity contribution in [1.82, 2.24) is 4.90 Å². The van der Waals surface area contributed by atoms with E-state index in [4.69, 9.17) is 0 Å². The molecule has 2 unspecified atom stereocenters. The fraction of sp³-hybridized carbons (Fsp3) is 0.947. The highest BCUT2D eigenvalue weighted by Crippen LogP contribution is 2.27. The maximum Gasteiger partial charge on any atom is 0.209 e. The highest BCUT2D eigenvalue weighted by molar-refractivity contribution is 5.46. The number of hydrogen-bond donors (Lipinski definition) is 0. The lowest BCUT2D eigenvalue weighted by Crippen LogP contribution is -2.28. The van der Waals surface area contributed by atoms with E-state index in [9.17, 15) is 4.79 Å². The lowest BCUT2D eigenvalue weighted by atomic mass is 9.84. The first kappa shape index (κ1) is 20.5. The minimum absolute atomic E-state index is 0.382. The molecular weight excluding hydrogens is 258 g/mol. The van der Waals surface area contributed by atoms with E-state index in [2.05, 4.69) is 55.4 Å². The summed E-state index contributed by atoms with van der Waals surface area (Å²) in [6, 6.07) is 0. The van der Waals surface area contributed by atoms with Crippen molar-refractivity contribution in [2.75, 3.05) is 13.1 Å². The Morgan fingerprint density at radius 1 is 0.810 bits per heavy atom. The molecule has 0 fully saturated rings. The summed E-state index contributed by atoms with van der Waals surface area (Å²) in [6.07, 6.45) is 5.71. The first-order valence-electron chi connectivity index (χ1n) is 8.62. The number of carbonyl (C=O) groups is 1. The smallest absolute Gasteiger partial charge is 0.209 e. The molecule has 0 aromatic carbocycles. The highest BCUT2D eigenvalue weighted by Gasteiger charge is 2.18. The molecule has 0 spiro atoms. The average Bonchev–Trinajstić information content (AvgIpc) is 2.24. The minimum atomic E-state index is 0.382. The molecule has 0 saturated heterocycles. The van der Waals surface area contributed by atoms with Gasteiger partial charge in [0.25, 0.3) is 0 Å². The van der Waals surface area contributed by atoms with Crippen LogP contribution in [-0.4, -0.2) is 24.4 Å². The summed E-state index contributed by atoms with van der Waals surface area (Å²) < 4.78 is 0. The van der Waals surface area contributed by atoms with Crippen molar-refractivity contribution in [2.45, 2.75) is 81.1 Å². The molecule has 0 aliphatic heterocycles. The summed E-state index contributed by atoms with van der Waals surface area (Å²) in [6.45, 7) is 20.1. The van der Waals surface area contributed by atoms with Crippen LogP contribution in [0.2, 0.25) is 0 Å². The van der Waals surface area contributed by atoms with Crippen LogP contribution in [0.15, 0.2) is 0 Å². The Balaban J connectivity index is 4.04. The van der Waals surface area contributed by atoms with Crippen LogP contribution >= 0.6 is 0 Å². The molecular formula is C19H39NO. The second-order valence-electron chi connectivity index (χ2n) is 9.46. The van der Waals surface area contributed by atoms with Gasteiger partial charge in [-0.2, -0.15) is 0 Å². The number of nitrogens with zero attached hydrogens (tertiary/aromatic N) is 1. The van der Waals surface area contributed by atoms with Gasteiger partial charge in [-0.1, -0.05) is 55.4 Å². The number of hydrogen-bond acceptors (Lipinski definition) is 1. The molecule has 2 nitrogen and oxygen atoms in total. The first-order valence-corrected chi connectivity index (χ1v) is 8.62. The predicted octanol–water partition coefficient (Wildman–Crippen LogP) is 5.37. The summed E-state index contributed by atoms with van der Waals surface area (Å²) >= 11 is 0. The normalized spacial score (nSPS) is 15.6. The van der Waals surface area contributed by atoms with Gasteiger partial charge in [-0.05, 0) is 48.3 Å². The van der Waals surface area contributed by atoms with E-state index in [0.717, 1.165) is 32.3 Å². The van der Waals surface area contributed by atoms with E-state index >= 15 is 0 Å². The quantitative estimate of drug-likeness (QED) is 0.524. The predicted molar refractivity (Wildman–Crippen MR) is 93.3 cm³/mol. The van der Waals surface area contributed by atoms with E-state index < -0.39 is 0 Å². The van der Waals surface area contributed by atoms with Crippen LogP contribution in [0.1, 0.15) is 81.1 Å². The van der Waals surface area contributed by atoms with Crippen molar-refractivity contribution in [1.29, 1.82) is 0 Å². The van der Waals surface area contributed by atoms with Gasteiger partial charge in [0.05, 0.1) is 0 Å². The molecule has 2 heteroatoms. The van der Waals surface area contributed by atoms with Gasteiger partial charge in [-0.15, -0.1) is 0 Å². The van der Waals surface area contributed by atoms with Gasteiger partial charge in [0, 0.05) is 13.1 Å². The summed E-state index contributed by atoms with van der Waals surface area (Å²) in [5.74, 6) is 1.36. The average molecular weight is 298 g/mol. The Bertz CT molecular complexity index is 259. The third kappa shape index (κ3) is 12.9. The van der Waals surface area contributed by atoms with Crippen LogP contribution in [0.25, 0.3) is 0 Å². The van der Waals surface area contributed by atoms with Gasteiger partial charge in [0.15, 0.2) is 0 Å². The fourth-order valence-corrected chi connectivity index (χ4v) is 3.28. The van der Waals surface area contributed by atoms with Gasteiger partial charge < -0.3 is 4.90 Å². The molecule has 0 saturated carbocycles. The topological polar surface area (TPSA) is 20.3 Å². The molecule has 126 valence electrons. The molecule has 0 radical (unpaired) electrons. The van der Waals surface area contributed by atoms with Crippen molar-refractivity contribution < 1.29 is 4.79 Å². The second kappa shape index (κ2) is 8.80. The Morgan fingerprint density at radius 3 is 1.38 bits per heavy atom. The van der Waals surface area contributed by atoms with Gasteiger partial charge in [-0.3, -0.25) is 4.79 Å². The van der Waals surface area contributed by atoms with E-state index in [1.165, 1.54) is 12.8 Å². The zero-order chi connectivity index (χ0) is 16.7. The van der Waals surface area contributed by atoms with Crippen LogP contribution < -0.4 is 0 Å². The van der Waals surface area contributed by atoms with Gasteiger partial charge in [-0.25, -0.2) is 0 Å². The first-order chi connectivity index (χ1) is 9.43. The van der Waals surface area contributed by atoms with Crippen molar-refractivity contribution in [3.05, 3.63) is 0 Å². The molecule has 0 bridgehead atoms. The molecule has 1 amide bonds. The highest BCUT2D eigenvalue weighted by atomic mass is 16.1. The maximum atomic E-state index is 11.2. The van der Waals surface area contributed by atoms with Crippen LogP contribution in [0.3, 0.4) is 0 Å². The largest absolute Gasteiger partial charge is 0.345 e. The zero-order valence-corrected chi connectivity index (χ0v) is 15.8. The summed E-state index contributed by atoms with van der Waals surface area (Å²) in [5.41, 5.74) is 0.763. The third-order valence-corrected chi connectivity index (χ3v) is 3.89. The molecule has 0 aromatic rings. The Hall–Kier alpha value is -0.530. The molecule has 21 heavy (non-hydrogen) atoms. The van der Waals surface area contributed by atoms with Crippen LogP contribution in [0, 0.1) is 22.7 Å². The Labute approximate surface area is 133 Å². The number of amides is 1. The molecule has 0 aromatic heterocycles. The number of rotatable bonds is 9. The van der Waals surface area contributed by atoms with Crippen molar-refractivity contribution in [2.24, 2.45) is 22.7 Å².